The number of nitrogens with one attached hydrogen (secondary N) is 2. The Hall–Kier alpha value is -2.77. The second-order valence-corrected chi connectivity index (χ2v) is 23.1. The standard InChI is InChI=1S/C28H46N6O5Si2/c1-27(2,3)40(7,8)37-18-21-20(39-41(9,10)28(4,5)6)16-23(38-21)34-17-19(24(35)33-26(34)36)12-11-14-30-22-13-15-31-25(29)32-22/h13,15,17,20-21,23H,14,16,18H2,1-10H3,(H,33,35,36)(H3,29,30,31,32)/t20-,21+,23+/m0/s1. The van der Waals surface area contributed by atoms with Gasteiger partial charge in [-0.05, 0) is 42.3 Å². The smallest absolute Gasteiger partial charge is 0.330 e. The van der Waals surface area contributed by atoms with Crippen molar-refractivity contribution in [3.63, 3.8) is 0 Å². The summed E-state index contributed by atoms with van der Waals surface area (Å²) in [6, 6.07) is 1.66. The van der Waals surface area contributed by atoms with Crippen LogP contribution in [0.4, 0.5) is 11.8 Å². The SMILES string of the molecule is CC(C)(C)[Si](C)(C)OC[C@H]1O[C@@H](n2cc(C#CCNc3ccnc(N)n3)c(=O)[nH]c2=O)C[C@@H]1O[Si](C)(C)C(C)(C)C. The molecule has 4 N–H and O–H groups in total. The molecule has 2 aromatic heterocycles. The first-order valence-corrected chi connectivity index (χ1v) is 19.8. The lowest BCUT2D eigenvalue weighted by molar-refractivity contribution is -0.0412. The minimum atomic E-state index is -2.16. The molecular weight excluding hydrogens is 557 g/mol. The van der Waals surface area contributed by atoms with Crippen molar-refractivity contribution in [1.29, 1.82) is 0 Å². The number of aromatic amines is 1. The van der Waals surface area contributed by atoms with Crippen LogP contribution in [0.25, 0.3) is 0 Å². The average molecular weight is 603 g/mol. The Morgan fingerprint density at radius 2 is 1.80 bits per heavy atom. The Kier molecular flexibility index (Phi) is 9.76. The number of rotatable bonds is 8. The van der Waals surface area contributed by atoms with Crippen molar-refractivity contribution in [3.05, 3.63) is 44.9 Å². The quantitative estimate of drug-likeness (QED) is 0.300. The zero-order chi connectivity index (χ0) is 30.8. The molecule has 0 unspecified atom stereocenters. The fraction of sp³-hybridized carbons (Fsp3) is 0.643. The molecule has 2 aromatic rings. The highest BCUT2D eigenvalue weighted by molar-refractivity contribution is 6.74. The third kappa shape index (κ3) is 8.17. The van der Waals surface area contributed by atoms with E-state index in [2.05, 4.69) is 99.8 Å². The maximum Gasteiger partial charge on any atom is 0.330 e. The summed E-state index contributed by atoms with van der Waals surface area (Å²) >= 11 is 0. The summed E-state index contributed by atoms with van der Waals surface area (Å²) in [4.78, 5) is 35.7. The maximum atomic E-state index is 12.9. The molecule has 1 fully saturated rings. The van der Waals surface area contributed by atoms with E-state index in [4.69, 9.17) is 19.3 Å². The summed E-state index contributed by atoms with van der Waals surface area (Å²) in [7, 11) is -4.21. The van der Waals surface area contributed by atoms with E-state index in [1.165, 1.54) is 17.0 Å². The summed E-state index contributed by atoms with van der Waals surface area (Å²) in [5.41, 5.74) is 4.63. The van der Waals surface area contributed by atoms with Crippen LogP contribution in [0.15, 0.2) is 28.0 Å². The molecule has 0 radical (unpaired) electrons. The largest absolute Gasteiger partial charge is 0.414 e. The molecular formula is C28H46N6O5Si2. The van der Waals surface area contributed by atoms with E-state index in [1.54, 1.807) is 6.07 Å². The Bertz CT molecular complexity index is 1400. The van der Waals surface area contributed by atoms with Crippen LogP contribution in [-0.4, -0.2) is 61.5 Å². The summed E-state index contributed by atoms with van der Waals surface area (Å²) in [6.07, 6.45) is 2.19. The number of nitrogens with zero attached hydrogens (tertiary/aromatic N) is 3. The molecule has 0 bridgehead atoms. The molecule has 3 rings (SSSR count). The second-order valence-electron chi connectivity index (χ2n) is 13.5. The van der Waals surface area contributed by atoms with Crippen LogP contribution in [-0.2, 0) is 13.6 Å². The number of H-pyrrole nitrogens is 1. The van der Waals surface area contributed by atoms with Gasteiger partial charge in [-0.15, -0.1) is 0 Å². The van der Waals surface area contributed by atoms with E-state index in [9.17, 15) is 9.59 Å². The van der Waals surface area contributed by atoms with Crippen LogP contribution in [0.5, 0.6) is 0 Å². The molecule has 0 saturated carbocycles. The van der Waals surface area contributed by atoms with Crippen LogP contribution in [0.3, 0.4) is 0 Å². The minimum absolute atomic E-state index is 0.000950. The molecule has 3 atom stereocenters. The van der Waals surface area contributed by atoms with E-state index in [0.29, 0.717) is 18.8 Å². The zero-order valence-electron chi connectivity index (χ0n) is 26.0. The number of aromatic nitrogens is 4. The van der Waals surface area contributed by atoms with Gasteiger partial charge in [0.15, 0.2) is 16.6 Å². The summed E-state index contributed by atoms with van der Waals surface area (Å²) < 4.78 is 21.2. The van der Waals surface area contributed by atoms with E-state index in [1.807, 2.05) is 0 Å². The van der Waals surface area contributed by atoms with E-state index >= 15 is 0 Å². The van der Waals surface area contributed by atoms with Crippen molar-refractivity contribution in [3.8, 4) is 11.8 Å². The number of anilines is 2. The van der Waals surface area contributed by atoms with E-state index < -0.39 is 34.1 Å². The summed E-state index contributed by atoms with van der Waals surface area (Å²) in [6.45, 7) is 22.6. The monoisotopic (exact) mass is 602 g/mol. The summed E-state index contributed by atoms with van der Waals surface area (Å²) in [5.74, 6) is 6.39. The number of ether oxygens (including phenoxy) is 1. The molecule has 1 saturated heterocycles. The van der Waals surface area contributed by atoms with Crippen LogP contribution in [0.2, 0.25) is 36.3 Å². The van der Waals surface area contributed by atoms with Gasteiger partial charge in [-0.3, -0.25) is 14.3 Å². The molecule has 1 aliphatic rings. The van der Waals surface area contributed by atoms with Crippen LogP contribution in [0.1, 0.15) is 59.8 Å². The predicted molar refractivity (Wildman–Crippen MR) is 167 cm³/mol. The van der Waals surface area contributed by atoms with Gasteiger partial charge in [0, 0.05) is 18.8 Å². The van der Waals surface area contributed by atoms with Gasteiger partial charge in [-0.1, -0.05) is 53.4 Å². The van der Waals surface area contributed by atoms with Gasteiger partial charge in [-0.2, -0.15) is 4.98 Å². The third-order valence-corrected chi connectivity index (χ3v) is 17.4. The molecule has 13 heteroatoms. The zero-order valence-corrected chi connectivity index (χ0v) is 28.0. The predicted octanol–water partition coefficient (Wildman–Crippen LogP) is 4.07. The lowest BCUT2D eigenvalue weighted by atomic mass is 10.2. The average Bonchev–Trinajstić information content (AvgIpc) is 3.22. The highest BCUT2D eigenvalue weighted by atomic mass is 28.4. The fourth-order valence-electron chi connectivity index (χ4n) is 3.74. The van der Waals surface area contributed by atoms with E-state index in [0.717, 1.165) is 0 Å². The molecule has 226 valence electrons. The van der Waals surface area contributed by atoms with Crippen molar-refractivity contribution in [2.24, 2.45) is 0 Å². The van der Waals surface area contributed by atoms with Crippen LogP contribution < -0.4 is 22.3 Å². The van der Waals surface area contributed by atoms with Crippen molar-refractivity contribution >= 4 is 28.4 Å². The third-order valence-electron chi connectivity index (χ3n) is 8.38. The molecule has 1 aliphatic heterocycles. The lowest BCUT2D eigenvalue weighted by Crippen LogP contribution is -2.48. The van der Waals surface area contributed by atoms with Gasteiger partial charge in [0.25, 0.3) is 5.56 Å². The Labute approximate surface area is 244 Å². The molecule has 41 heavy (non-hydrogen) atoms. The van der Waals surface area contributed by atoms with Crippen molar-refractivity contribution in [2.45, 2.75) is 103 Å². The second kappa shape index (κ2) is 12.2. The molecule has 0 aliphatic carbocycles. The number of hydrogen-bond donors (Lipinski definition) is 3. The van der Waals surface area contributed by atoms with Crippen molar-refractivity contribution < 1.29 is 13.6 Å². The van der Waals surface area contributed by atoms with E-state index in [-0.39, 0.29) is 40.3 Å². The molecule has 0 amide bonds. The first kappa shape index (κ1) is 32.7. The van der Waals surface area contributed by atoms with Gasteiger partial charge in [0.1, 0.15) is 23.7 Å². The van der Waals surface area contributed by atoms with Crippen LogP contribution in [0, 0.1) is 11.8 Å². The number of nitrogens with two attached hydrogens (primary N) is 1. The Balaban J connectivity index is 1.85. The summed E-state index contributed by atoms with van der Waals surface area (Å²) in [5, 5.41) is 3.04. The Morgan fingerprint density at radius 3 is 2.41 bits per heavy atom. The highest BCUT2D eigenvalue weighted by Crippen LogP contribution is 2.42. The van der Waals surface area contributed by atoms with Gasteiger partial charge < -0.3 is 24.6 Å². The number of hydrogen-bond acceptors (Lipinski definition) is 9. The first-order chi connectivity index (χ1) is 18.8. The van der Waals surface area contributed by atoms with Crippen molar-refractivity contribution in [2.75, 3.05) is 24.2 Å². The lowest BCUT2D eigenvalue weighted by Gasteiger charge is -2.40. The van der Waals surface area contributed by atoms with Gasteiger partial charge >= 0.3 is 5.69 Å². The van der Waals surface area contributed by atoms with Gasteiger partial charge in [-0.25, -0.2) is 9.78 Å². The van der Waals surface area contributed by atoms with Crippen LogP contribution >= 0.6 is 0 Å². The number of nitrogen functional groups attached to an aromatic ring is 1. The molecule has 3 heterocycles. The molecule has 11 nitrogen and oxygen atoms in total. The molecule has 0 spiro atoms. The van der Waals surface area contributed by atoms with Crippen molar-refractivity contribution in [1.82, 2.24) is 19.5 Å². The highest BCUT2D eigenvalue weighted by Gasteiger charge is 2.46. The topological polar surface area (TPSA) is 146 Å². The molecule has 0 aromatic carbocycles. The minimum Gasteiger partial charge on any atom is -0.414 e. The fourth-order valence-corrected chi connectivity index (χ4v) is 6.11. The maximum absolute atomic E-state index is 12.9. The van der Waals surface area contributed by atoms with Gasteiger partial charge in [0.05, 0.1) is 19.3 Å². The Morgan fingerprint density at radius 1 is 1.15 bits per heavy atom. The normalized spacial score (nSPS) is 20.0. The van der Waals surface area contributed by atoms with Gasteiger partial charge in [0.2, 0.25) is 5.95 Å². The first-order valence-electron chi connectivity index (χ1n) is 13.9.